The number of H-pyrrole nitrogens is 1. The van der Waals surface area contributed by atoms with Gasteiger partial charge in [0, 0.05) is 48.9 Å². The molecule has 1 aromatic heterocycles. The normalized spacial score (nSPS) is 14.7. The Morgan fingerprint density at radius 1 is 1.35 bits per heavy atom. The van der Waals surface area contributed by atoms with Crippen LogP contribution in [0.4, 0.5) is 0 Å². The summed E-state index contributed by atoms with van der Waals surface area (Å²) in [7, 11) is 0. The number of fused-ring (bicyclic) bond motifs is 1. The van der Waals surface area contributed by atoms with Gasteiger partial charge >= 0.3 is 5.97 Å². The molecule has 0 saturated heterocycles. The van der Waals surface area contributed by atoms with Crippen molar-refractivity contribution in [1.82, 2.24) is 15.1 Å². The molecule has 0 bridgehead atoms. The zero-order valence-corrected chi connectivity index (χ0v) is 13.0. The van der Waals surface area contributed by atoms with Crippen LogP contribution in [-0.2, 0) is 17.8 Å². The van der Waals surface area contributed by atoms with Crippen molar-refractivity contribution in [1.29, 1.82) is 0 Å². The van der Waals surface area contributed by atoms with Crippen molar-refractivity contribution in [3.8, 4) is 22.8 Å². The summed E-state index contributed by atoms with van der Waals surface area (Å²) in [6, 6.07) is 2.66. The monoisotopic (exact) mass is 337 g/mol. The highest BCUT2D eigenvalue weighted by Crippen LogP contribution is 2.39. The third kappa shape index (κ3) is 3.11. The summed E-state index contributed by atoms with van der Waals surface area (Å²) in [5, 5.41) is 35.8. The molecule has 1 aliphatic rings. The first-order valence-corrected chi connectivity index (χ1v) is 7.55. The summed E-state index contributed by atoms with van der Waals surface area (Å²) in [4.78, 5) is 12.8. The molecule has 1 aromatic carbocycles. The van der Waals surface area contributed by atoms with E-state index in [9.17, 15) is 15.0 Å². The summed E-state index contributed by atoms with van der Waals surface area (Å²) in [5.74, 6) is -1.13. The Kier molecular flexibility index (Phi) is 4.14. The van der Waals surface area contributed by atoms with Crippen LogP contribution < -0.4 is 0 Å². The molecule has 0 amide bonds. The van der Waals surface area contributed by atoms with E-state index in [-0.39, 0.29) is 22.9 Å². The van der Waals surface area contributed by atoms with Crippen LogP contribution in [0, 0.1) is 0 Å². The van der Waals surface area contributed by atoms with E-state index in [2.05, 4.69) is 10.2 Å². The number of aromatic amines is 1. The van der Waals surface area contributed by atoms with Crippen molar-refractivity contribution in [2.24, 2.45) is 0 Å². The number of benzene rings is 1. The number of carbonyl (C=O) groups is 1. The molecular formula is C15H16ClN3O4. The second-order valence-electron chi connectivity index (χ2n) is 5.52. The highest BCUT2D eigenvalue weighted by Gasteiger charge is 2.24. The lowest BCUT2D eigenvalue weighted by atomic mass is 10.00. The van der Waals surface area contributed by atoms with Crippen molar-refractivity contribution < 1.29 is 20.1 Å². The number of hydrogen-bond donors (Lipinski definition) is 4. The SMILES string of the molecule is O=C(O)CCN1CCc2[nH]nc(-c3cc(Cl)c(O)cc3O)c2C1. The standard InChI is InChI=1S/C15H16ClN3O4/c16-10-5-8(12(20)6-13(10)21)15-9-7-19(4-2-14(22)23)3-1-11(9)17-18-15/h5-6,20-21H,1-4,7H2,(H,17,18)(H,22,23). The Morgan fingerprint density at radius 2 is 2.13 bits per heavy atom. The molecule has 0 aliphatic carbocycles. The number of hydrogen-bond acceptors (Lipinski definition) is 5. The number of carboxylic acids is 1. The van der Waals surface area contributed by atoms with Gasteiger partial charge < -0.3 is 15.3 Å². The predicted molar refractivity (Wildman–Crippen MR) is 83.6 cm³/mol. The third-order valence-corrected chi connectivity index (χ3v) is 4.28. The van der Waals surface area contributed by atoms with Crippen LogP contribution in [0.3, 0.4) is 0 Å². The maximum Gasteiger partial charge on any atom is 0.304 e. The van der Waals surface area contributed by atoms with E-state index in [1.54, 1.807) is 0 Å². The van der Waals surface area contributed by atoms with Crippen molar-refractivity contribution in [2.75, 3.05) is 13.1 Å². The number of halogens is 1. The topological polar surface area (TPSA) is 110 Å². The minimum atomic E-state index is -0.828. The molecular weight excluding hydrogens is 322 g/mol. The Balaban J connectivity index is 1.91. The fraction of sp³-hybridized carbons (Fsp3) is 0.333. The second-order valence-corrected chi connectivity index (χ2v) is 5.93. The molecule has 0 atom stereocenters. The molecule has 7 nitrogen and oxygen atoms in total. The quantitative estimate of drug-likeness (QED) is 0.679. The van der Waals surface area contributed by atoms with Crippen molar-refractivity contribution in [3.63, 3.8) is 0 Å². The smallest absolute Gasteiger partial charge is 0.304 e. The fourth-order valence-electron chi connectivity index (χ4n) is 2.76. The van der Waals surface area contributed by atoms with Gasteiger partial charge in [-0.05, 0) is 6.07 Å². The summed E-state index contributed by atoms with van der Waals surface area (Å²) in [6.07, 6.45) is 0.813. The van der Waals surface area contributed by atoms with Gasteiger partial charge in [-0.2, -0.15) is 5.10 Å². The molecule has 0 unspecified atom stereocenters. The number of nitrogens with one attached hydrogen (secondary N) is 1. The molecule has 122 valence electrons. The van der Waals surface area contributed by atoms with Gasteiger partial charge in [-0.15, -0.1) is 0 Å². The van der Waals surface area contributed by atoms with Crippen molar-refractivity contribution in [3.05, 3.63) is 28.4 Å². The minimum absolute atomic E-state index is 0.0821. The average Bonchev–Trinajstić information content (AvgIpc) is 2.92. The summed E-state index contributed by atoms with van der Waals surface area (Å²) >= 11 is 5.92. The Hall–Kier alpha value is -2.25. The van der Waals surface area contributed by atoms with E-state index >= 15 is 0 Å². The van der Waals surface area contributed by atoms with Crippen LogP contribution in [0.5, 0.6) is 11.5 Å². The number of phenols is 2. The molecule has 4 N–H and O–H groups in total. The Morgan fingerprint density at radius 3 is 2.87 bits per heavy atom. The van der Waals surface area contributed by atoms with Gasteiger partial charge in [0.05, 0.1) is 11.4 Å². The van der Waals surface area contributed by atoms with Crippen LogP contribution in [-0.4, -0.2) is 49.5 Å². The lowest BCUT2D eigenvalue weighted by Gasteiger charge is -2.26. The van der Waals surface area contributed by atoms with Crippen LogP contribution in [0.25, 0.3) is 11.3 Å². The Bertz CT molecular complexity index is 759. The zero-order valence-electron chi connectivity index (χ0n) is 12.2. The lowest BCUT2D eigenvalue weighted by Crippen LogP contribution is -2.32. The number of aliphatic carboxylic acids is 1. The molecule has 1 aliphatic heterocycles. The summed E-state index contributed by atoms with van der Waals surface area (Å²) in [6.45, 7) is 1.76. The number of carboxylic acid groups (broad SMARTS) is 1. The highest BCUT2D eigenvalue weighted by molar-refractivity contribution is 6.32. The first kappa shape index (κ1) is 15.6. The van der Waals surface area contributed by atoms with E-state index in [4.69, 9.17) is 16.7 Å². The summed E-state index contributed by atoms with van der Waals surface area (Å²) in [5.41, 5.74) is 2.89. The van der Waals surface area contributed by atoms with Crippen molar-refractivity contribution in [2.45, 2.75) is 19.4 Å². The van der Waals surface area contributed by atoms with Crippen molar-refractivity contribution >= 4 is 17.6 Å². The maximum absolute atomic E-state index is 10.7. The Labute approximate surface area is 137 Å². The van der Waals surface area contributed by atoms with E-state index < -0.39 is 5.97 Å². The van der Waals surface area contributed by atoms with Gasteiger partial charge in [0.25, 0.3) is 0 Å². The van der Waals surface area contributed by atoms with Gasteiger partial charge in [0.1, 0.15) is 17.2 Å². The largest absolute Gasteiger partial charge is 0.507 e. The van der Waals surface area contributed by atoms with Gasteiger partial charge in [-0.1, -0.05) is 11.6 Å². The first-order chi connectivity index (χ1) is 11.0. The van der Waals surface area contributed by atoms with Crippen LogP contribution >= 0.6 is 11.6 Å². The lowest BCUT2D eigenvalue weighted by molar-refractivity contribution is -0.137. The first-order valence-electron chi connectivity index (χ1n) is 7.18. The van der Waals surface area contributed by atoms with E-state index in [1.807, 2.05) is 4.90 Å². The van der Waals surface area contributed by atoms with E-state index in [0.717, 1.165) is 24.2 Å². The predicted octanol–water partition coefficient (Wildman–Crippen LogP) is 1.97. The minimum Gasteiger partial charge on any atom is -0.507 e. The maximum atomic E-state index is 10.7. The molecule has 2 aromatic rings. The average molecular weight is 338 g/mol. The summed E-state index contributed by atoms with van der Waals surface area (Å²) < 4.78 is 0. The molecule has 2 heterocycles. The number of rotatable bonds is 4. The molecule has 23 heavy (non-hydrogen) atoms. The van der Waals surface area contributed by atoms with Crippen LogP contribution in [0.2, 0.25) is 5.02 Å². The number of nitrogens with zero attached hydrogens (tertiary/aromatic N) is 2. The van der Waals surface area contributed by atoms with Crippen LogP contribution in [0.1, 0.15) is 17.7 Å². The van der Waals surface area contributed by atoms with Gasteiger partial charge in [0.15, 0.2) is 0 Å². The fourth-order valence-corrected chi connectivity index (χ4v) is 2.92. The van der Waals surface area contributed by atoms with Crippen LogP contribution in [0.15, 0.2) is 12.1 Å². The zero-order chi connectivity index (χ0) is 16.6. The second kappa shape index (κ2) is 6.10. The number of aromatic hydroxyl groups is 2. The molecule has 0 radical (unpaired) electrons. The molecule has 8 heteroatoms. The van der Waals surface area contributed by atoms with Gasteiger partial charge in [0.2, 0.25) is 0 Å². The number of aromatic nitrogens is 2. The molecule has 0 spiro atoms. The molecule has 3 rings (SSSR count). The highest BCUT2D eigenvalue weighted by atomic mass is 35.5. The number of phenolic OH excluding ortho intramolecular Hbond substituents is 2. The van der Waals surface area contributed by atoms with E-state index in [0.29, 0.717) is 24.3 Å². The molecule has 0 saturated carbocycles. The molecule has 0 fully saturated rings. The third-order valence-electron chi connectivity index (χ3n) is 3.97. The van der Waals surface area contributed by atoms with Gasteiger partial charge in [-0.3, -0.25) is 14.8 Å². The van der Waals surface area contributed by atoms with E-state index in [1.165, 1.54) is 12.1 Å². The van der Waals surface area contributed by atoms with Gasteiger partial charge in [-0.25, -0.2) is 0 Å².